The fourth-order valence-electron chi connectivity index (χ4n) is 1.71. The van der Waals surface area contributed by atoms with E-state index in [0.29, 0.717) is 0 Å². The summed E-state index contributed by atoms with van der Waals surface area (Å²) in [6.45, 7) is 6.36. The van der Waals surface area contributed by atoms with Gasteiger partial charge in [0, 0.05) is 26.2 Å². The van der Waals surface area contributed by atoms with Gasteiger partial charge in [0.05, 0.1) is 6.21 Å². The lowest BCUT2D eigenvalue weighted by molar-refractivity contribution is 0.159. The second kappa shape index (κ2) is 5.12. The molecule has 0 aliphatic carbocycles. The van der Waals surface area contributed by atoms with E-state index >= 15 is 0 Å². The molecule has 0 radical (unpaired) electrons. The predicted molar refractivity (Wildman–Crippen MR) is 67.8 cm³/mol. The predicted octanol–water partition coefficient (Wildman–Crippen LogP) is 1.58. The Morgan fingerprint density at radius 3 is 2.31 bits per heavy atom. The summed E-state index contributed by atoms with van der Waals surface area (Å²) in [5.74, 6) is 0. The standard InChI is InChI=1S/C13H19N3/c1-12-3-5-13(6-4-12)11-14-16-9-7-15(2)8-10-16/h3-6,11H,7-10H2,1-2H3/b14-11+. The molecule has 0 saturated carbocycles. The highest BCUT2D eigenvalue weighted by Gasteiger charge is 2.10. The maximum absolute atomic E-state index is 4.50. The summed E-state index contributed by atoms with van der Waals surface area (Å²) in [6, 6.07) is 8.44. The van der Waals surface area contributed by atoms with E-state index in [2.05, 4.69) is 53.2 Å². The Labute approximate surface area is 97.4 Å². The van der Waals surface area contributed by atoms with E-state index in [-0.39, 0.29) is 0 Å². The molecule has 86 valence electrons. The van der Waals surface area contributed by atoms with Crippen LogP contribution in [0.1, 0.15) is 11.1 Å². The van der Waals surface area contributed by atoms with Gasteiger partial charge >= 0.3 is 0 Å². The van der Waals surface area contributed by atoms with E-state index in [4.69, 9.17) is 0 Å². The van der Waals surface area contributed by atoms with Crippen LogP contribution in [0.3, 0.4) is 0 Å². The van der Waals surface area contributed by atoms with Gasteiger partial charge < -0.3 is 4.90 Å². The smallest absolute Gasteiger partial charge is 0.0542 e. The monoisotopic (exact) mass is 217 g/mol. The van der Waals surface area contributed by atoms with Gasteiger partial charge in [0.15, 0.2) is 0 Å². The summed E-state index contributed by atoms with van der Waals surface area (Å²) in [7, 11) is 2.15. The van der Waals surface area contributed by atoms with Crippen LogP contribution in [0.4, 0.5) is 0 Å². The number of likely N-dealkylation sites (N-methyl/N-ethyl adjacent to an activating group) is 1. The Hall–Kier alpha value is -1.35. The Morgan fingerprint density at radius 2 is 1.69 bits per heavy atom. The van der Waals surface area contributed by atoms with Gasteiger partial charge in [-0.15, -0.1) is 0 Å². The van der Waals surface area contributed by atoms with Crippen molar-refractivity contribution in [1.82, 2.24) is 9.91 Å². The normalized spacial score (nSPS) is 18.2. The molecule has 1 aliphatic heterocycles. The van der Waals surface area contributed by atoms with E-state index in [1.807, 2.05) is 6.21 Å². The highest BCUT2D eigenvalue weighted by molar-refractivity contribution is 5.79. The van der Waals surface area contributed by atoms with Crippen LogP contribution in [0.5, 0.6) is 0 Å². The zero-order chi connectivity index (χ0) is 11.4. The van der Waals surface area contributed by atoms with Crippen molar-refractivity contribution in [2.24, 2.45) is 5.10 Å². The summed E-state index contributed by atoms with van der Waals surface area (Å²) in [5.41, 5.74) is 2.46. The second-order valence-electron chi connectivity index (χ2n) is 4.41. The average molecular weight is 217 g/mol. The van der Waals surface area contributed by atoms with Crippen LogP contribution < -0.4 is 0 Å². The fourth-order valence-corrected chi connectivity index (χ4v) is 1.71. The lowest BCUT2D eigenvalue weighted by atomic mass is 10.2. The Bertz CT molecular complexity index is 348. The van der Waals surface area contributed by atoms with Gasteiger partial charge in [0.2, 0.25) is 0 Å². The van der Waals surface area contributed by atoms with Gasteiger partial charge in [-0.05, 0) is 19.5 Å². The lowest BCUT2D eigenvalue weighted by Gasteiger charge is -2.30. The molecule has 0 bridgehead atoms. The number of hydrazone groups is 1. The average Bonchev–Trinajstić information content (AvgIpc) is 2.30. The van der Waals surface area contributed by atoms with Crippen molar-refractivity contribution in [3.05, 3.63) is 35.4 Å². The maximum Gasteiger partial charge on any atom is 0.0542 e. The van der Waals surface area contributed by atoms with Crippen LogP contribution in [0.25, 0.3) is 0 Å². The van der Waals surface area contributed by atoms with E-state index in [1.54, 1.807) is 0 Å². The lowest BCUT2D eigenvalue weighted by Crippen LogP contribution is -2.41. The molecule has 1 aliphatic rings. The molecule has 0 unspecified atom stereocenters. The van der Waals surface area contributed by atoms with Crippen LogP contribution in [-0.4, -0.2) is 49.4 Å². The number of benzene rings is 1. The van der Waals surface area contributed by atoms with E-state index in [9.17, 15) is 0 Å². The summed E-state index contributed by atoms with van der Waals surface area (Å²) in [5, 5.41) is 6.64. The second-order valence-corrected chi connectivity index (χ2v) is 4.41. The minimum atomic E-state index is 1.03. The molecule has 2 rings (SSSR count). The molecule has 1 aromatic carbocycles. The fraction of sp³-hybridized carbons (Fsp3) is 0.462. The van der Waals surface area contributed by atoms with Gasteiger partial charge in [-0.3, -0.25) is 5.01 Å². The van der Waals surface area contributed by atoms with Crippen LogP contribution >= 0.6 is 0 Å². The third-order valence-corrected chi connectivity index (χ3v) is 2.93. The first-order valence-electron chi connectivity index (χ1n) is 5.78. The summed E-state index contributed by atoms with van der Waals surface area (Å²) in [4.78, 5) is 2.33. The first-order valence-corrected chi connectivity index (χ1v) is 5.78. The molecule has 0 spiro atoms. The van der Waals surface area contributed by atoms with Crippen LogP contribution in [0.15, 0.2) is 29.4 Å². The van der Waals surface area contributed by atoms with E-state index in [0.717, 1.165) is 26.2 Å². The number of hydrogen-bond acceptors (Lipinski definition) is 3. The molecule has 3 nitrogen and oxygen atoms in total. The van der Waals surface area contributed by atoms with Crippen molar-refractivity contribution in [1.29, 1.82) is 0 Å². The molecule has 1 aromatic rings. The Morgan fingerprint density at radius 1 is 1.06 bits per heavy atom. The minimum Gasteiger partial charge on any atom is -0.303 e. The van der Waals surface area contributed by atoms with Crippen molar-refractivity contribution in [2.45, 2.75) is 6.92 Å². The highest BCUT2D eigenvalue weighted by atomic mass is 15.5. The van der Waals surface area contributed by atoms with Crippen molar-refractivity contribution in [3.63, 3.8) is 0 Å². The molecule has 0 aromatic heterocycles. The van der Waals surface area contributed by atoms with Gasteiger partial charge in [-0.1, -0.05) is 29.8 Å². The molecular formula is C13H19N3. The third kappa shape index (κ3) is 3.07. The maximum atomic E-state index is 4.50. The van der Waals surface area contributed by atoms with Crippen LogP contribution in [-0.2, 0) is 0 Å². The number of hydrogen-bond donors (Lipinski definition) is 0. The largest absolute Gasteiger partial charge is 0.303 e. The van der Waals surface area contributed by atoms with Crippen LogP contribution in [0.2, 0.25) is 0 Å². The molecular weight excluding hydrogens is 198 g/mol. The summed E-state index contributed by atoms with van der Waals surface area (Å²) in [6.07, 6.45) is 1.95. The van der Waals surface area contributed by atoms with Crippen LogP contribution in [0, 0.1) is 6.92 Å². The number of aryl methyl sites for hydroxylation is 1. The quantitative estimate of drug-likeness (QED) is 0.700. The first kappa shape index (κ1) is 11.1. The van der Waals surface area contributed by atoms with Gasteiger partial charge in [0.1, 0.15) is 0 Å². The zero-order valence-electron chi connectivity index (χ0n) is 10.1. The Balaban J connectivity index is 1.91. The Kier molecular flexibility index (Phi) is 3.57. The molecule has 1 fully saturated rings. The molecule has 16 heavy (non-hydrogen) atoms. The molecule has 3 heteroatoms. The molecule has 0 N–H and O–H groups in total. The molecule has 0 atom stereocenters. The number of piperazine rings is 1. The van der Waals surface area contributed by atoms with Gasteiger partial charge in [-0.25, -0.2) is 0 Å². The van der Waals surface area contributed by atoms with Crippen molar-refractivity contribution in [2.75, 3.05) is 33.2 Å². The highest BCUT2D eigenvalue weighted by Crippen LogP contribution is 2.02. The molecule has 1 saturated heterocycles. The number of nitrogens with zero attached hydrogens (tertiary/aromatic N) is 3. The zero-order valence-corrected chi connectivity index (χ0v) is 10.1. The topological polar surface area (TPSA) is 18.8 Å². The summed E-state index contributed by atoms with van der Waals surface area (Å²) >= 11 is 0. The van der Waals surface area contributed by atoms with Gasteiger partial charge in [-0.2, -0.15) is 5.10 Å². The molecule has 0 amide bonds. The number of rotatable bonds is 2. The SMILES string of the molecule is Cc1ccc(/C=N/N2CCN(C)CC2)cc1. The molecule has 1 heterocycles. The summed E-state index contributed by atoms with van der Waals surface area (Å²) < 4.78 is 0. The van der Waals surface area contributed by atoms with E-state index in [1.165, 1.54) is 11.1 Å². The third-order valence-electron chi connectivity index (χ3n) is 2.93. The minimum absolute atomic E-state index is 1.03. The van der Waals surface area contributed by atoms with E-state index < -0.39 is 0 Å². The van der Waals surface area contributed by atoms with Crippen molar-refractivity contribution >= 4 is 6.21 Å². The van der Waals surface area contributed by atoms with Crippen molar-refractivity contribution in [3.8, 4) is 0 Å². The first-order chi connectivity index (χ1) is 7.74. The van der Waals surface area contributed by atoms with Crippen molar-refractivity contribution < 1.29 is 0 Å². The van der Waals surface area contributed by atoms with Gasteiger partial charge in [0.25, 0.3) is 0 Å².